The van der Waals surface area contributed by atoms with Crippen molar-refractivity contribution >= 4 is 23.2 Å². The number of nitrogens with zero attached hydrogens (tertiary/aromatic N) is 3. The quantitative estimate of drug-likeness (QED) is 0.653. The summed E-state index contributed by atoms with van der Waals surface area (Å²) < 4.78 is 2.14. The number of aromatic nitrogens is 3. The normalized spacial score (nSPS) is 14.2. The summed E-state index contributed by atoms with van der Waals surface area (Å²) in [5.41, 5.74) is 3.16. The first-order valence-corrected chi connectivity index (χ1v) is 8.37. The molecule has 0 unspecified atom stereocenters. The van der Waals surface area contributed by atoms with Crippen LogP contribution in [0.2, 0.25) is 10.0 Å². The zero-order valence-electron chi connectivity index (χ0n) is 12.4. The number of hydrogen-bond donors (Lipinski definition) is 0. The van der Waals surface area contributed by atoms with Crippen molar-refractivity contribution in [2.45, 2.75) is 25.3 Å². The summed E-state index contributed by atoms with van der Waals surface area (Å²) in [5, 5.41) is 1.41. The Kier molecular flexibility index (Phi) is 3.83. The van der Waals surface area contributed by atoms with Crippen molar-refractivity contribution in [3.63, 3.8) is 0 Å². The number of benzene rings is 1. The van der Waals surface area contributed by atoms with E-state index in [1.165, 1.54) is 12.8 Å². The van der Waals surface area contributed by atoms with Gasteiger partial charge >= 0.3 is 0 Å². The van der Waals surface area contributed by atoms with Gasteiger partial charge in [0.05, 0.1) is 12.2 Å². The first-order valence-electron chi connectivity index (χ1n) is 7.62. The second-order valence-electron chi connectivity index (χ2n) is 5.87. The van der Waals surface area contributed by atoms with E-state index in [-0.39, 0.29) is 0 Å². The van der Waals surface area contributed by atoms with Crippen molar-refractivity contribution < 1.29 is 0 Å². The lowest BCUT2D eigenvalue weighted by Gasteiger charge is -2.09. The summed E-state index contributed by atoms with van der Waals surface area (Å²) in [5.74, 6) is 1.53. The van der Waals surface area contributed by atoms with Crippen molar-refractivity contribution in [2.75, 3.05) is 0 Å². The van der Waals surface area contributed by atoms with Gasteiger partial charge in [0.15, 0.2) is 0 Å². The lowest BCUT2D eigenvalue weighted by molar-refractivity contribution is 0.805. The lowest BCUT2D eigenvalue weighted by atomic mass is 10.2. The van der Waals surface area contributed by atoms with Crippen molar-refractivity contribution in [3.05, 3.63) is 70.2 Å². The summed E-state index contributed by atoms with van der Waals surface area (Å²) in [6.45, 7) is 0.642. The summed E-state index contributed by atoms with van der Waals surface area (Å²) in [6.07, 6.45) is 8.20. The van der Waals surface area contributed by atoms with Gasteiger partial charge in [-0.25, -0.2) is 4.98 Å². The molecule has 0 N–H and O–H groups in total. The Morgan fingerprint density at radius 3 is 2.78 bits per heavy atom. The van der Waals surface area contributed by atoms with Gasteiger partial charge < -0.3 is 4.57 Å². The highest BCUT2D eigenvalue weighted by molar-refractivity contribution is 6.33. The minimum atomic E-state index is 0.599. The molecule has 2 heterocycles. The maximum Gasteiger partial charge on any atom is 0.142 e. The summed E-state index contributed by atoms with van der Waals surface area (Å²) in [7, 11) is 0. The largest absolute Gasteiger partial charge is 0.326 e. The highest BCUT2D eigenvalue weighted by Crippen LogP contribution is 2.40. The van der Waals surface area contributed by atoms with Gasteiger partial charge in [-0.15, -0.1) is 0 Å². The number of imidazole rings is 1. The molecule has 0 aliphatic heterocycles. The van der Waals surface area contributed by atoms with Crippen molar-refractivity contribution in [1.82, 2.24) is 14.5 Å². The molecule has 3 aromatic rings. The van der Waals surface area contributed by atoms with E-state index in [2.05, 4.69) is 15.7 Å². The molecule has 0 amide bonds. The summed E-state index contributed by atoms with van der Waals surface area (Å²) >= 11 is 12.4. The molecule has 1 fully saturated rings. The van der Waals surface area contributed by atoms with Crippen LogP contribution >= 0.6 is 23.2 Å². The molecule has 2 aromatic heterocycles. The average Bonchev–Trinajstić information content (AvgIpc) is 3.33. The number of pyridine rings is 1. The molecule has 4 rings (SSSR count). The minimum absolute atomic E-state index is 0.599. The van der Waals surface area contributed by atoms with E-state index in [1.54, 1.807) is 12.3 Å². The molecular formula is C18H15Cl2N3. The molecule has 3 nitrogen and oxygen atoms in total. The Labute approximate surface area is 144 Å². The van der Waals surface area contributed by atoms with Crippen LogP contribution in [0.5, 0.6) is 0 Å². The molecule has 1 aliphatic rings. The fourth-order valence-electron chi connectivity index (χ4n) is 2.71. The Bertz CT molecular complexity index is 839. The van der Waals surface area contributed by atoms with Crippen molar-refractivity contribution in [1.29, 1.82) is 0 Å². The first kappa shape index (κ1) is 14.7. The molecule has 1 aromatic carbocycles. The van der Waals surface area contributed by atoms with E-state index in [0.29, 0.717) is 22.5 Å². The fraction of sp³-hybridized carbons (Fsp3) is 0.222. The molecule has 0 atom stereocenters. The van der Waals surface area contributed by atoms with Gasteiger partial charge in [0, 0.05) is 40.1 Å². The van der Waals surface area contributed by atoms with Crippen LogP contribution in [-0.2, 0) is 6.54 Å². The smallest absolute Gasteiger partial charge is 0.142 e. The Balaban J connectivity index is 1.76. The molecule has 23 heavy (non-hydrogen) atoms. The Morgan fingerprint density at radius 2 is 2.04 bits per heavy atom. The molecule has 116 valence electrons. The monoisotopic (exact) mass is 343 g/mol. The highest BCUT2D eigenvalue weighted by atomic mass is 35.5. The summed E-state index contributed by atoms with van der Waals surface area (Å²) in [4.78, 5) is 9.05. The maximum atomic E-state index is 6.32. The van der Waals surface area contributed by atoms with E-state index in [4.69, 9.17) is 28.2 Å². The van der Waals surface area contributed by atoms with Gasteiger partial charge in [0.2, 0.25) is 0 Å². The van der Waals surface area contributed by atoms with Crippen molar-refractivity contribution in [3.8, 4) is 11.4 Å². The van der Waals surface area contributed by atoms with Crippen LogP contribution in [0.1, 0.15) is 30.0 Å². The Hall–Kier alpha value is -1.84. The third kappa shape index (κ3) is 3.12. The topological polar surface area (TPSA) is 30.7 Å². The van der Waals surface area contributed by atoms with Gasteiger partial charge in [0.1, 0.15) is 5.82 Å². The standard InChI is InChI=1S/C18H15Cl2N3/c19-15-5-6-16(20)14(8-15)10-23-11-17(12-3-4-12)22-18(23)13-2-1-7-21-9-13/h1-2,5-9,11-12H,3-4,10H2. The van der Waals surface area contributed by atoms with Crippen LogP contribution in [0.25, 0.3) is 11.4 Å². The van der Waals surface area contributed by atoms with Crippen LogP contribution in [0.15, 0.2) is 48.9 Å². The molecule has 5 heteroatoms. The van der Waals surface area contributed by atoms with E-state index in [1.807, 2.05) is 30.5 Å². The van der Waals surface area contributed by atoms with Gasteiger partial charge in [-0.2, -0.15) is 0 Å². The highest BCUT2D eigenvalue weighted by Gasteiger charge is 2.27. The molecule has 1 saturated carbocycles. The second kappa shape index (κ2) is 5.99. The molecular weight excluding hydrogens is 329 g/mol. The van der Waals surface area contributed by atoms with E-state index < -0.39 is 0 Å². The zero-order chi connectivity index (χ0) is 15.8. The van der Waals surface area contributed by atoms with E-state index in [0.717, 1.165) is 22.6 Å². The molecule has 1 aliphatic carbocycles. The van der Waals surface area contributed by atoms with Gasteiger partial charge in [-0.1, -0.05) is 23.2 Å². The summed E-state index contributed by atoms with van der Waals surface area (Å²) in [6, 6.07) is 9.51. The fourth-order valence-corrected chi connectivity index (χ4v) is 3.08. The number of rotatable bonds is 4. The third-order valence-electron chi connectivity index (χ3n) is 4.06. The van der Waals surface area contributed by atoms with Gasteiger partial charge in [0.25, 0.3) is 0 Å². The van der Waals surface area contributed by atoms with Crippen LogP contribution in [-0.4, -0.2) is 14.5 Å². The van der Waals surface area contributed by atoms with Crippen LogP contribution < -0.4 is 0 Å². The van der Waals surface area contributed by atoms with Crippen molar-refractivity contribution in [2.24, 2.45) is 0 Å². The van der Waals surface area contributed by atoms with E-state index in [9.17, 15) is 0 Å². The van der Waals surface area contributed by atoms with Crippen LogP contribution in [0.4, 0.5) is 0 Å². The predicted octanol–water partition coefficient (Wildman–Crippen LogP) is 5.18. The second-order valence-corrected chi connectivity index (χ2v) is 6.71. The molecule has 0 saturated heterocycles. The lowest BCUT2D eigenvalue weighted by Crippen LogP contribution is -2.02. The first-order chi connectivity index (χ1) is 11.2. The predicted molar refractivity (Wildman–Crippen MR) is 93.0 cm³/mol. The van der Waals surface area contributed by atoms with Gasteiger partial charge in [-0.3, -0.25) is 4.98 Å². The average molecular weight is 344 g/mol. The SMILES string of the molecule is Clc1ccc(Cl)c(Cn2cc(C3CC3)nc2-c2cccnc2)c1. The molecule has 0 spiro atoms. The van der Waals surface area contributed by atoms with Crippen LogP contribution in [0.3, 0.4) is 0 Å². The molecule has 0 radical (unpaired) electrons. The number of hydrogen-bond acceptors (Lipinski definition) is 2. The maximum absolute atomic E-state index is 6.32. The Morgan fingerprint density at radius 1 is 1.17 bits per heavy atom. The zero-order valence-corrected chi connectivity index (χ0v) is 13.9. The minimum Gasteiger partial charge on any atom is -0.326 e. The van der Waals surface area contributed by atoms with Gasteiger partial charge in [-0.05, 0) is 48.7 Å². The number of halogens is 2. The molecule has 0 bridgehead atoms. The van der Waals surface area contributed by atoms with Crippen LogP contribution in [0, 0.1) is 0 Å². The third-order valence-corrected chi connectivity index (χ3v) is 4.66. The van der Waals surface area contributed by atoms with E-state index >= 15 is 0 Å².